The molecule has 0 aliphatic heterocycles. The Morgan fingerprint density at radius 1 is 1.60 bits per heavy atom. The lowest BCUT2D eigenvalue weighted by Crippen LogP contribution is -1.91. The largest absolute Gasteiger partial charge is 0.266 e. The lowest BCUT2D eigenvalue weighted by atomic mass is 10.1. The molecule has 0 amide bonds. The number of halogens is 1. The molecular formula is C8H12FN. The first-order chi connectivity index (χ1) is 4.63. The number of rotatable bonds is 3. The molecular weight excluding hydrogens is 129 g/mol. The SMILES string of the molecule is C=C/C(F)=C(\N=C)C(C)C. The topological polar surface area (TPSA) is 12.4 Å². The zero-order valence-electron chi connectivity index (χ0n) is 6.39. The lowest BCUT2D eigenvalue weighted by molar-refractivity contribution is 0.616. The third-order valence-corrected chi connectivity index (χ3v) is 1.14. The van der Waals surface area contributed by atoms with Gasteiger partial charge in [-0.15, -0.1) is 0 Å². The molecule has 0 fully saturated rings. The molecule has 0 aromatic carbocycles. The van der Waals surface area contributed by atoms with Crippen LogP contribution in [0.15, 0.2) is 29.2 Å². The van der Waals surface area contributed by atoms with Crippen molar-refractivity contribution in [3.63, 3.8) is 0 Å². The van der Waals surface area contributed by atoms with E-state index in [2.05, 4.69) is 18.3 Å². The first-order valence-electron chi connectivity index (χ1n) is 3.12. The number of nitrogens with zero attached hydrogens (tertiary/aromatic N) is 1. The van der Waals surface area contributed by atoms with Crippen LogP contribution in [0.3, 0.4) is 0 Å². The molecule has 0 aromatic rings. The van der Waals surface area contributed by atoms with Gasteiger partial charge in [0.05, 0.1) is 5.70 Å². The van der Waals surface area contributed by atoms with Crippen LogP contribution >= 0.6 is 0 Å². The van der Waals surface area contributed by atoms with Crippen LogP contribution in [0.1, 0.15) is 13.8 Å². The molecule has 0 spiro atoms. The van der Waals surface area contributed by atoms with Crippen LogP contribution in [0, 0.1) is 5.92 Å². The van der Waals surface area contributed by atoms with Crippen molar-refractivity contribution in [1.82, 2.24) is 0 Å². The molecule has 2 heteroatoms. The molecule has 10 heavy (non-hydrogen) atoms. The maximum Gasteiger partial charge on any atom is 0.144 e. The summed E-state index contributed by atoms with van der Waals surface area (Å²) in [6.07, 6.45) is 1.14. The van der Waals surface area contributed by atoms with Gasteiger partial charge >= 0.3 is 0 Å². The molecule has 0 aromatic heterocycles. The Bertz CT molecular complexity index is 168. The van der Waals surface area contributed by atoms with Crippen LogP contribution < -0.4 is 0 Å². The molecule has 0 unspecified atom stereocenters. The van der Waals surface area contributed by atoms with E-state index in [1.54, 1.807) is 0 Å². The number of allylic oxidation sites excluding steroid dienone is 3. The van der Waals surface area contributed by atoms with Gasteiger partial charge in [-0.05, 0) is 18.7 Å². The molecule has 56 valence electrons. The van der Waals surface area contributed by atoms with E-state index in [1.807, 2.05) is 13.8 Å². The third-order valence-electron chi connectivity index (χ3n) is 1.14. The molecule has 0 radical (unpaired) electrons. The molecule has 0 rings (SSSR count). The average Bonchev–Trinajstić information content (AvgIpc) is 1.88. The smallest absolute Gasteiger partial charge is 0.144 e. The van der Waals surface area contributed by atoms with E-state index in [4.69, 9.17) is 0 Å². The van der Waals surface area contributed by atoms with Gasteiger partial charge in [0.25, 0.3) is 0 Å². The second kappa shape index (κ2) is 3.99. The minimum atomic E-state index is -0.384. The highest BCUT2D eigenvalue weighted by molar-refractivity contribution is 5.32. The fraction of sp³-hybridized carbons (Fsp3) is 0.375. The second-order valence-electron chi connectivity index (χ2n) is 2.25. The molecule has 0 N–H and O–H groups in total. The fourth-order valence-corrected chi connectivity index (χ4v) is 0.638. The minimum absolute atomic E-state index is 0.0653. The monoisotopic (exact) mass is 141 g/mol. The number of hydrogen-bond donors (Lipinski definition) is 0. The van der Waals surface area contributed by atoms with E-state index in [-0.39, 0.29) is 11.7 Å². The van der Waals surface area contributed by atoms with Crippen LogP contribution in [-0.4, -0.2) is 6.72 Å². The molecule has 0 bridgehead atoms. The van der Waals surface area contributed by atoms with Crippen molar-refractivity contribution in [2.24, 2.45) is 10.9 Å². The van der Waals surface area contributed by atoms with Gasteiger partial charge in [0.15, 0.2) is 0 Å². The molecule has 0 aliphatic carbocycles. The summed E-state index contributed by atoms with van der Waals surface area (Å²) in [7, 11) is 0. The van der Waals surface area contributed by atoms with Crippen molar-refractivity contribution in [1.29, 1.82) is 0 Å². The van der Waals surface area contributed by atoms with Crippen LogP contribution in [0.5, 0.6) is 0 Å². The van der Waals surface area contributed by atoms with Gasteiger partial charge in [-0.1, -0.05) is 20.4 Å². The van der Waals surface area contributed by atoms with E-state index >= 15 is 0 Å². The highest BCUT2D eigenvalue weighted by atomic mass is 19.1. The molecule has 0 atom stereocenters. The van der Waals surface area contributed by atoms with Gasteiger partial charge in [-0.2, -0.15) is 0 Å². The van der Waals surface area contributed by atoms with Gasteiger partial charge in [0, 0.05) is 0 Å². The van der Waals surface area contributed by atoms with Crippen molar-refractivity contribution < 1.29 is 4.39 Å². The summed E-state index contributed by atoms with van der Waals surface area (Å²) in [4.78, 5) is 3.54. The Morgan fingerprint density at radius 3 is 2.20 bits per heavy atom. The molecule has 0 aliphatic rings. The lowest BCUT2D eigenvalue weighted by Gasteiger charge is -2.03. The zero-order valence-corrected chi connectivity index (χ0v) is 6.39. The second-order valence-corrected chi connectivity index (χ2v) is 2.25. The Labute approximate surface area is 61.0 Å². The first kappa shape index (κ1) is 9.08. The normalized spacial score (nSPS) is 12.8. The highest BCUT2D eigenvalue weighted by Crippen LogP contribution is 2.16. The predicted octanol–water partition coefficient (Wildman–Crippen LogP) is 2.71. The quantitative estimate of drug-likeness (QED) is 0.423. The van der Waals surface area contributed by atoms with Gasteiger partial charge < -0.3 is 0 Å². The van der Waals surface area contributed by atoms with Crippen molar-refractivity contribution >= 4 is 6.72 Å². The summed E-state index contributed by atoms with van der Waals surface area (Å²) in [5, 5.41) is 0. The predicted molar refractivity (Wildman–Crippen MR) is 42.7 cm³/mol. The van der Waals surface area contributed by atoms with Crippen LogP contribution in [-0.2, 0) is 0 Å². The van der Waals surface area contributed by atoms with Crippen molar-refractivity contribution in [2.75, 3.05) is 0 Å². The average molecular weight is 141 g/mol. The van der Waals surface area contributed by atoms with Crippen LogP contribution in [0.2, 0.25) is 0 Å². The van der Waals surface area contributed by atoms with E-state index < -0.39 is 0 Å². The number of aliphatic imine (C=N–C) groups is 1. The standard InChI is InChI=1S/C8H12FN/c1-5-7(9)8(10-4)6(2)3/h5-6H,1,4H2,2-3H3/b8-7+. The van der Waals surface area contributed by atoms with Crippen LogP contribution in [0.4, 0.5) is 4.39 Å². The van der Waals surface area contributed by atoms with Gasteiger partial charge in [-0.25, -0.2) is 4.39 Å². The van der Waals surface area contributed by atoms with Crippen molar-refractivity contribution in [3.8, 4) is 0 Å². The maximum atomic E-state index is 12.7. The highest BCUT2D eigenvalue weighted by Gasteiger charge is 2.04. The van der Waals surface area contributed by atoms with Gasteiger partial charge in [0.1, 0.15) is 5.83 Å². The minimum Gasteiger partial charge on any atom is -0.266 e. The van der Waals surface area contributed by atoms with E-state index in [9.17, 15) is 4.39 Å². The third kappa shape index (κ3) is 2.13. The van der Waals surface area contributed by atoms with Gasteiger partial charge in [-0.3, -0.25) is 4.99 Å². The summed E-state index contributed by atoms with van der Waals surface area (Å²) in [5.74, 6) is -0.319. The summed E-state index contributed by atoms with van der Waals surface area (Å²) in [6, 6.07) is 0. The Balaban J connectivity index is 4.61. The van der Waals surface area contributed by atoms with Crippen molar-refractivity contribution in [3.05, 3.63) is 24.2 Å². The fourth-order valence-electron chi connectivity index (χ4n) is 0.638. The zero-order chi connectivity index (χ0) is 8.15. The van der Waals surface area contributed by atoms with E-state index in [0.29, 0.717) is 5.70 Å². The summed E-state index contributed by atoms with van der Waals surface area (Å²) >= 11 is 0. The molecule has 0 saturated heterocycles. The maximum absolute atomic E-state index is 12.7. The summed E-state index contributed by atoms with van der Waals surface area (Å²) in [5.41, 5.74) is 0.370. The van der Waals surface area contributed by atoms with E-state index in [0.717, 1.165) is 6.08 Å². The number of hydrogen-bond acceptors (Lipinski definition) is 1. The van der Waals surface area contributed by atoms with Crippen LogP contribution in [0.25, 0.3) is 0 Å². The summed E-state index contributed by atoms with van der Waals surface area (Å²) in [6.45, 7) is 10.3. The Kier molecular flexibility index (Phi) is 3.62. The van der Waals surface area contributed by atoms with Crippen molar-refractivity contribution in [2.45, 2.75) is 13.8 Å². The Hall–Kier alpha value is -0.920. The van der Waals surface area contributed by atoms with E-state index in [1.165, 1.54) is 0 Å². The first-order valence-corrected chi connectivity index (χ1v) is 3.12. The summed E-state index contributed by atoms with van der Waals surface area (Å²) < 4.78 is 12.7. The Morgan fingerprint density at radius 2 is 2.10 bits per heavy atom. The molecule has 1 nitrogen and oxygen atoms in total. The molecule has 0 saturated carbocycles. The van der Waals surface area contributed by atoms with Gasteiger partial charge in [0.2, 0.25) is 0 Å². The molecule has 0 heterocycles.